The Morgan fingerprint density at radius 1 is 0.826 bits per heavy atom. The second-order valence-corrected chi connectivity index (χ2v) is 6.81. The SMILES string of the molecule is COc1ccccc1-n1ccc(-c2ccc(C(C)(C)C)cc2)c1. The summed E-state index contributed by atoms with van der Waals surface area (Å²) in [6.45, 7) is 6.71. The van der Waals surface area contributed by atoms with Crippen LogP contribution >= 0.6 is 0 Å². The van der Waals surface area contributed by atoms with Crippen molar-refractivity contribution in [1.29, 1.82) is 0 Å². The maximum absolute atomic E-state index is 5.45. The van der Waals surface area contributed by atoms with E-state index in [1.54, 1.807) is 7.11 Å². The fraction of sp³-hybridized carbons (Fsp3) is 0.238. The molecule has 0 aliphatic carbocycles. The molecular weight excluding hydrogens is 282 g/mol. The maximum Gasteiger partial charge on any atom is 0.142 e. The Morgan fingerprint density at radius 3 is 2.17 bits per heavy atom. The van der Waals surface area contributed by atoms with E-state index in [1.807, 2.05) is 18.2 Å². The van der Waals surface area contributed by atoms with Crippen LogP contribution in [0.2, 0.25) is 0 Å². The quantitative estimate of drug-likeness (QED) is 0.627. The number of ether oxygens (including phenoxy) is 1. The standard InChI is InChI=1S/C21H23NO/c1-21(2,3)18-11-9-16(10-12-18)17-13-14-22(15-17)19-7-5-6-8-20(19)23-4/h5-15H,1-4H3. The molecule has 0 N–H and O–H groups in total. The summed E-state index contributed by atoms with van der Waals surface area (Å²) in [4.78, 5) is 0. The highest BCUT2D eigenvalue weighted by Gasteiger charge is 2.13. The van der Waals surface area contributed by atoms with Gasteiger partial charge in [-0.1, -0.05) is 57.2 Å². The van der Waals surface area contributed by atoms with Crippen molar-refractivity contribution in [3.05, 3.63) is 72.6 Å². The molecule has 0 saturated carbocycles. The molecule has 0 unspecified atom stereocenters. The van der Waals surface area contributed by atoms with Crippen molar-refractivity contribution in [3.63, 3.8) is 0 Å². The Kier molecular flexibility index (Phi) is 3.99. The van der Waals surface area contributed by atoms with E-state index >= 15 is 0 Å². The van der Waals surface area contributed by atoms with Gasteiger partial charge in [-0.15, -0.1) is 0 Å². The predicted molar refractivity (Wildman–Crippen MR) is 96.5 cm³/mol. The molecule has 2 aromatic carbocycles. The predicted octanol–water partition coefficient (Wildman–Crippen LogP) is 5.45. The zero-order valence-corrected chi connectivity index (χ0v) is 14.2. The normalized spacial score (nSPS) is 11.5. The molecule has 2 nitrogen and oxygen atoms in total. The first-order valence-electron chi connectivity index (χ1n) is 7.91. The number of aromatic nitrogens is 1. The molecule has 3 aromatic rings. The van der Waals surface area contributed by atoms with Crippen molar-refractivity contribution in [2.45, 2.75) is 26.2 Å². The second-order valence-electron chi connectivity index (χ2n) is 6.81. The van der Waals surface area contributed by atoms with Crippen molar-refractivity contribution >= 4 is 0 Å². The second kappa shape index (κ2) is 5.96. The lowest BCUT2D eigenvalue weighted by Crippen LogP contribution is -2.10. The van der Waals surface area contributed by atoms with Crippen LogP contribution in [0.1, 0.15) is 26.3 Å². The number of rotatable bonds is 3. The topological polar surface area (TPSA) is 14.2 Å². The van der Waals surface area contributed by atoms with Gasteiger partial charge in [-0.3, -0.25) is 0 Å². The van der Waals surface area contributed by atoms with Gasteiger partial charge in [-0.05, 0) is 40.3 Å². The third-order valence-electron chi connectivity index (χ3n) is 4.14. The van der Waals surface area contributed by atoms with Gasteiger partial charge in [0, 0.05) is 12.4 Å². The van der Waals surface area contributed by atoms with Gasteiger partial charge < -0.3 is 9.30 Å². The number of hydrogen-bond donors (Lipinski definition) is 0. The summed E-state index contributed by atoms with van der Waals surface area (Å²) < 4.78 is 7.55. The van der Waals surface area contributed by atoms with Gasteiger partial charge in [0.1, 0.15) is 5.75 Å². The molecule has 118 valence electrons. The first-order chi connectivity index (χ1) is 11.0. The van der Waals surface area contributed by atoms with Crippen molar-refractivity contribution in [3.8, 4) is 22.6 Å². The molecule has 0 aliphatic rings. The summed E-state index contributed by atoms with van der Waals surface area (Å²) in [5.41, 5.74) is 5.02. The largest absolute Gasteiger partial charge is 0.495 e. The molecule has 0 fully saturated rings. The van der Waals surface area contributed by atoms with E-state index in [2.05, 4.69) is 74.1 Å². The van der Waals surface area contributed by atoms with Gasteiger partial charge >= 0.3 is 0 Å². The lowest BCUT2D eigenvalue weighted by molar-refractivity contribution is 0.413. The first-order valence-corrected chi connectivity index (χ1v) is 7.91. The molecule has 0 aliphatic heterocycles. The van der Waals surface area contributed by atoms with E-state index in [1.165, 1.54) is 16.7 Å². The molecule has 3 rings (SSSR count). The highest BCUT2D eigenvalue weighted by Crippen LogP contribution is 2.28. The molecular formula is C21H23NO. The molecule has 1 heterocycles. The molecule has 0 amide bonds. The van der Waals surface area contributed by atoms with E-state index in [4.69, 9.17) is 4.74 Å². The Morgan fingerprint density at radius 2 is 1.52 bits per heavy atom. The Labute approximate surface area is 138 Å². The van der Waals surface area contributed by atoms with Crippen LogP contribution in [0.3, 0.4) is 0 Å². The van der Waals surface area contributed by atoms with Crippen LogP contribution in [0.25, 0.3) is 16.8 Å². The number of nitrogens with zero attached hydrogens (tertiary/aromatic N) is 1. The fourth-order valence-corrected chi connectivity index (χ4v) is 2.72. The Bertz CT molecular complexity index is 791. The number of hydrogen-bond acceptors (Lipinski definition) is 1. The summed E-state index contributed by atoms with van der Waals surface area (Å²) in [6.07, 6.45) is 4.22. The molecule has 23 heavy (non-hydrogen) atoms. The van der Waals surface area contributed by atoms with Gasteiger partial charge in [-0.25, -0.2) is 0 Å². The zero-order valence-electron chi connectivity index (χ0n) is 14.2. The van der Waals surface area contributed by atoms with Gasteiger partial charge in [0.25, 0.3) is 0 Å². The average Bonchev–Trinajstić information content (AvgIpc) is 3.04. The van der Waals surface area contributed by atoms with E-state index in [9.17, 15) is 0 Å². The zero-order chi connectivity index (χ0) is 16.4. The third kappa shape index (κ3) is 3.16. The van der Waals surface area contributed by atoms with Crippen LogP contribution in [-0.4, -0.2) is 11.7 Å². The molecule has 0 spiro atoms. The van der Waals surface area contributed by atoms with Gasteiger partial charge in [0.15, 0.2) is 0 Å². The molecule has 0 saturated heterocycles. The van der Waals surface area contributed by atoms with Crippen LogP contribution in [0.15, 0.2) is 67.0 Å². The van der Waals surface area contributed by atoms with Crippen LogP contribution < -0.4 is 4.74 Å². The highest BCUT2D eigenvalue weighted by molar-refractivity contribution is 5.64. The molecule has 1 aromatic heterocycles. The monoisotopic (exact) mass is 305 g/mol. The first kappa shape index (κ1) is 15.4. The lowest BCUT2D eigenvalue weighted by Gasteiger charge is -2.19. The minimum atomic E-state index is 0.182. The van der Waals surface area contributed by atoms with Crippen LogP contribution in [0, 0.1) is 0 Å². The fourth-order valence-electron chi connectivity index (χ4n) is 2.72. The molecule has 0 radical (unpaired) electrons. The highest BCUT2D eigenvalue weighted by atomic mass is 16.5. The smallest absolute Gasteiger partial charge is 0.142 e. The Balaban J connectivity index is 1.93. The lowest BCUT2D eigenvalue weighted by atomic mass is 9.86. The molecule has 0 bridgehead atoms. The number of para-hydroxylation sites is 2. The third-order valence-corrected chi connectivity index (χ3v) is 4.14. The van der Waals surface area contributed by atoms with E-state index < -0.39 is 0 Å². The van der Waals surface area contributed by atoms with E-state index in [0.29, 0.717) is 0 Å². The Hall–Kier alpha value is -2.48. The average molecular weight is 305 g/mol. The summed E-state index contributed by atoms with van der Waals surface area (Å²) in [5.74, 6) is 0.873. The summed E-state index contributed by atoms with van der Waals surface area (Å²) >= 11 is 0. The van der Waals surface area contributed by atoms with Gasteiger partial charge in [-0.2, -0.15) is 0 Å². The van der Waals surface area contributed by atoms with Crippen LogP contribution in [0.5, 0.6) is 5.75 Å². The maximum atomic E-state index is 5.45. The summed E-state index contributed by atoms with van der Waals surface area (Å²) in [6, 6.07) is 19.0. The minimum absolute atomic E-state index is 0.182. The van der Waals surface area contributed by atoms with E-state index in [0.717, 1.165) is 11.4 Å². The summed E-state index contributed by atoms with van der Waals surface area (Å²) in [5, 5.41) is 0. The van der Waals surface area contributed by atoms with Crippen molar-refractivity contribution in [2.75, 3.05) is 7.11 Å². The number of methoxy groups -OCH3 is 1. The number of benzene rings is 2. The van der Waals surface area contributed by atoms with Gasteiger partial charge in [0.05, 0.1) is 12.8 Å². The van der Waals surface area contributed by atoms with Crippen LogP contribution in [0.4, 0.5) is 0 Å². The van der Waals surface area contributed by atoms with Gasteiger partial charge in [0.2, 0.25) is 0 Å². The minimum Gasteiger partial charge on any atom is -0.495 e. The molecule has 2 heteroatoms. The van der Waals surface area contributed by atoms with Crippen LogP contribution in [-0.2, 0) is 5.41 Å². The molecule has 0 atom stereocenters. The summed E-state index contributed by atoms with van der Waals surface area (Å²) in [7, 11) is 1.70. The van der Waals surface area contributed by atoms with Crippen molar-refractivity contribution < 1.29 is 4.74 Å². The van der Waals surface area contributed by atoms with Crippen molar-refractivity contribution in [1.82, 2.24) is 4.57 Å². The van der Waals surface area contributed by atoms with Crippen molar-refractivity contribution in [2.24, 2.45) is 0 Å². The van der Waals surface area contributed by atoms with E-state index in [-0.39, 0.29) is 5.41 Å².